The maximum atomic E-state index is 11.9. The van der Waals surface area contributed by atoms with E-state index < -0.39 is 0 Å². The molecular weight excluding hydrogens is 232 g/mol. The van der Waals surface area contributed by atoms with Crippen LogP contribution in [0, 0.1) is 0 Å². The van der Waals surface area contributed by atoms with E-state index in [9.17, 15) is 4.79 Å². The molecule has 98 valence electrons. The molecule has 0 saturated heterocycles. The third-order valence-corrected chi connectivity index (χ3v) is 2.99. The van der Waals surface area contributed by atoms with Gasteiger partial charge in [0.15, 0.2) is 6.61 Å². The number of nitrogens with zero attached hydrogens (tertiary/aromatic N) is 1. The number of aliphatic hydroxyl groups excluding tert-OH is 1. The molecule has 0 radical (unpaired) electrons. The van der Waals surface area contributed by atoms with Crippen LogP contribution >= 0.6 is 0 Å². The van der Waals surface area contributed by atoms with Crippen molar-refractivity contribution in [2.45, 2.75) is 19.4 Å². The number of anilines is 1. The van der Waals surface area contributed by atoms with Crippen molar-refractivity contribution in [1.82, 2.24) is 0 Å². The predicted molar refractivity (Wildman–Crippen MR) is 68.5 cm³/mol. The second kappa shape index (κ2) is 5.84. The number of nitrogens with two attached hydrogens (primary N) is 1. The monoisotopic (exact) mass is 250 g/mol. The summed E-state index contributed by atoms with van der Waals surface area (Å²) in [6.07, 6.45) is 1.46. The van der Waals surface area contributed by atoms with Crippen LogP contribution < -0.4 is 15.4 Å². The van der Waals surface area contributed by atoms with Gasteiger partial charge in [-0.05, 0) is 30.5 Å². The van der Waals surface area contributed by atoms with Crippen molar-refractivity contribution in [2.24, 2.45) is 5.73 Å². The fourth-order valence-corrected chi connectivity index (χ4v) is 2.00. The molecule has 1 aromatic rings. The lowest BCUT2D eigenvalue weighted by Crippen LogP contribution is -2.39. The van der Waals surface area contributed by atoms with Crippen LogP contribution in [0.1, 0.15) is 18.4 Å². The maximum Gasteiger partial charge on any atom is 0.265 e. The smallest absolute Gasteiger partial charge is 0.265 e. The highest BCUT2D eigenvalue weighted by Gasteiger charge is 2.25. The van der Waals surface area contributed by atoms with Crippen LogP contribution in [0.25, 0.3) is 0 Å². The number of carbonyl (C=O) groups excluding carboxylic acids is 1. The Kier molecular flexibility index (Phi) is 4.17. The van der Waals surface area contributed by atoms with E-state index in [1.165, 1.54) is 0 Å². The van der Waals surface area contributed by atoms with Gasteiger partial charge in [0.1, 0.15) is 5.75 Å². The summed E-state index contributed by atoms with van der Waals surface area (Å²) in [5.74, 6) is 0.672. The fraction of sp³-hybridized carbons (Fsp3) is 0.462. The standard InChI is InChI=1S/C13H18N2O3/c14-8-10-3-4-12-11(7-10)15(5-1-2-6-16)13(17)9-18-12/h3-4,7,16H,1-2,5-6,8-9,14H2. The van der Waals surface area contributed by atoms with Crippen molar-refractivity contribution in [2.75, 3.05) is 24.7 Å². The zero-order chi connectivity index (χ0) is 13.0. The first-order valence-electron chi connectivity index (χ1n) is 6.13. The van der Waals surface area contributed by atoms with E-state index in [0.29, 0.717) is 19.5 Å². The summed E-state index contributed by atoms with van der Waals surface area (Å²) in [4.78, 5) is 13.6. The van der Waals surface area contributed by atoms with Crippen LogP contribution in [-0.4, -0.2) is 30.8 Å². The topological polar surface area (TPSA) is 75.8 Å². The molecule has 3 N–H and O–H groups in total. The summed E-state index contributed by atoms with van der Waals surface area (Å²) in [5.41, 5.74) is 7.36. The van der Waals surface area contributed by atoms with Gasteiger partial charge in [-0.3, -0.25) is 4.79 Å². The average molecular weight is 250 g/mol. The van der Waals surface area contributed by atoms with Gasteiger partial charge in [-0.1, -0.05) is 6.07 Å². The number of unbranched alkanes of at least 4 members (excludes halogenated alkanes) is 1. The quantitative estimate of drug-likeness (QED) is 0.752. The molecule has 0 bridgehead atoms. The first-order chi connectivity index (χ1) is 8.76. The summed E-state index contributed by atoms with van der Waals surface area (Å²) in [6, 6.07) is 5.65. The molecule has 0 fully saturated rings. The van der Waals surface area contributed by atoms with Crippen LogP contribution in [0.5, 0.6) is 5.75 Å². The van der Waals surface area contributed by atoms with Gasteiger partial charge in [-0.25, -0.2) is 0 Å². The molecule has 5 nitrogen and oxygen atoms in total. The molecule has 5 heteroatoms. The molecule has 1 amide bonds. The Morgan fingerprint density at radius 1 is 1.39 bits per heavy atom. The summed E-state index contributed by atoms with van der Waals surface area (Å²) < 4.78 is 5.39. The molecular formula is C13H18N2O3. The minimum atomic E-state index is -0.0467. The molecule has 0 saturated carbocycles. The highest BCUT2D eigenvalue weighted by Crippen LogP contribution is 2.33. The number of carbonyl (C=O) groups is 1. The zero-order valence-corrected chi connectivity index (χ0v) is 10.3. The van der Waals surface area contributed by atoms with Gasteiger partial charge in [0.05, 0.1) is 5.69 Å². The SMILES string of the molecule is NCc1ccc2c(c1)N(CCCCO)C(=O)CO2. The van der Waals surface area contributed by atoms with Crippen molar-refractivity contribution in [3.63, 3.8) is 0 Å². The molecule has 0 spiro atoms. The van der Waals surface area contributed by atoms with E-state index in [2.05, 4.69) is 0 Å². The molecule has 1 aliphatic heterocycles. The molecule has 1 aromatic carbocycles. The second-order valence-electron chi connectivity index (χ2n) is 4.27. The lowest BCUT2D eigenvalue weighted by molar-refractivity contribution is -0.121. The molecule has 0 atom stereocenters. The minimum Gasteiger partial charge on any atom is -0.482 e. The van der Waals surface area contributed by atoms with E-state index in [-0.39, 0.29) is 19.1 Å². The summed E-state index contributed by atoms with van der Waals surface area (Å²) in [5, 5.41) is 8.79. The average Bonchev–Trinajstić information content (AvgIpc) is 2.41. The van der Waals surface area contributed by atoms with E-state index >= 15 is 0 Å². The molecule has 0 aromatic heterocycles. The molecule has 0 aliphatic carbocycles. The Labute approximate surface area is 106 Å². The third-order valence-electron chi connectivity index (χ3n) is 2.99. The van der Waals surface area contributed by atoms with E-state index in [4.69, 9.17) is 15.6 Å². The predicted octanol–water partition coefficient (Wildman–Crippen LogP) is 0.643. The molecule has 0 unspecified atom stereocenters. The normalized spacial score (nSPS) is 14.3. The van der Waals surface area contributed by atoms with Crippen molar-refractivity contribution in [3.05, 3.63) is 23.8 Å². The highest BCUT2D eigenvalue weighted by molar-refractivity contribution is 5.97. The summed E-state index contributed by atoms with van der Waals surface area (Å²) >= 11 is 0. The van der Waals surface area contributed by atoms with E-state index in [0.717, 1.165) is 23.4 Å². The zero-order valence-electron chi connectivity index (χ0n) is 10.3. The van der Waals surface area contributed by atoms with Crippen LogP contribution in [0.4, 0.5) is 5.69 Å². The molecule has 2 rings (SSSR count). The Morgan fingerprint density at radius 2 is 2.22 bits per heavy atom. The summed E-state index contributed by atoms with van der Waals surface area (Å²) in [7, 11) is 0. The van der Waals surface area contributed by atoms with Gasteiger partial charge >= 0.3 is 0 Å². The lowest BCUT2D eigenvalue weighted by Gasteiger charge is -2.29. The number of aliphatic hydroxyl groups is 1. The highest BCUT2D eigenvalue weighted by atomic mass is 16.5. The Bertz CT molecular complexity index is 434. The molecule has 1 aliphatic rings. The summed E-state index contributed by atoms with van der Waals surface area (Å²) in [6.45, 7) is 1.26. The van der Waals surface area contributed by atoms with Gasteiger partial charge in [-0.15, -0.1) is 0 Å². The van der Waals surface area contributed by atoms with Crippen molar-refractivity contribution >= 4 is 11.6 Å². The molecule has 1 heterocycles. The Balaban J connectivity index is 2.21. The number of fused-ring (bicyclic) bond motifs is 1. The van der Waals surface area contributed by atoms with Crippen LogP contribution in [0.3, 0.4) is 0 Å². The van der Waals surface area contributed by atoms with Crippen LogP contribution in [0.15, 0.2) is 18.2 Å². The number of amides is 1. The van der Waals surface area contributed by atoms with Gasteiger partial charge < -0.3 is 20.5 Å². The van der Waals surface area contributed by atoms with Gasteiger partial charge in [-0.2, -0.15) is 0 Å². The number of ether oxygens (including phenoxy) is 1. The second-order valence-corrected chi connectivity index (χ2v) is 4.27. The van der Waals surface area contributed by atoms with Crippen molar-refractivity contribution in [1.29, 1.82) is 0 Å². The van der Waals surface area contributed by atoms with Crippen molar-refractivity contribution in [3.8, 4) is 5.75 Å². The lowest BCUT2D eigenvalue weighted by atomic mass is 10.1. The largest absolute Gasteiger partial charge is 0.482 e. The Morgan fingerprint density at radius 3 is 2.94 bits per heavy atom. The molecule has 18 heavy (non-hydrogen) atoms. The van der Waals surface area contributed by atoms with E-state index in [1.54, 1.807) is 4.90 Å². The fourth-order valence-electron chi connectivity index (χ4n) is 2.00. The first-order valence-corrected chi connectivity index (χ1v) is 6.13. The minimum absolute atomic E-state index is 0.0467. The maximum absolute atomic E-state index is 11.9. The number of benzene rings is 1. The van der Waals surface area contributed by atoms with Gasteiger partial charge in [0.25, 0.3) is 5.91 Å². The van der Waals surface area contributed by atoms with Crippen LogP contribution in [-0.2, 0) is 11.3 Å². The van der Waals surface area contributed by atoms with Crippen LogP contribution in [0.2, 0.25) is 0 Å². The number of hydrogen-bond donors (Lipinski definition) is 2. The first kappa shape index (κ1) is 12.9. The van der Waals surface area contributed by atoms with Crippen molar-refractivity contribution < 1.29 is 14.6 Å². The third kappa shape index (κ3) is 2.63. The van der Waals surface area contributed by atoms with Gasteiger partial charge in [0, 0.05) is 19.7 Å². The number of hydrogen-bond acceptors (Lipinski definition) is 4. The van der Waals surface area contributed by atoms with E-state index in [1.807, 2.05) is 18.2 Å². The Hall–Kier alpha value is -1.59. The van der Waals surface area contributed by atoms with Gasteiger partial charge in [0.2, 0.25) is 0 Å². The number of rotatable bonds is 5.